The maximum Gasteiger partial charge on any atom is 0.228 e. The monoisotopic (exact) mass is 410 g/mol. The second kappa shape index (κ2) is 7.05. The predicted molar refractivity (Wildman–Crippen MR) is 109 cm³/mol. The van der Waals surface area contributed by atoms with Crippen molar-refractivity contribution in [2.75, 3.05) is 17.2 Å². The van der Waals surface area contributed by atoms with Crippen molar-refractivity contribution in [2.45, 2.75) is 32.2 Å². The van der Waals surface area contributed by atoms with Crippen LogP contribution in [0.1, 0.15) is 36.9 Å². The number of hydrogen-bond acceptors (Lipinski definition) is 6. The van der Waals surface area contributed by atoms with E-state index in [1.807, 2.05) is 13.0 Å². The van der Waals surface area contributed by atoms with Crippen molar-refractivity contribution < 1.29 is 8.78 Å². The molecule has 0 radical (unpaired) electrons. The normalized spacial score (nSPS) is 13.8. The Balaban J connectivity index is 1.52. The van der Waals surface area contributed by atoms with Gasteiger partial charge in [-0.25, -0.2) is 13.8 Å². The quantitative estimate of drug-likeness (QED) is 0.448. The molecule has 3 heterocycles. The fourth-order valence-corrected chi connectivity index (χ4v) is 3.57. The van der Waals surface area contributed by atoms with Gasteiger partial charge in [-0.2, -0.15) is 15.2 Å². The molecule has 1 aromatic carbocycles. The number of rotatable bonds is 6. The average molecular weight is 410 g/mol. The van der Waals surface area contributed by atoms with Crippen LogP contribution in [0.4, 0.5) is 20.5 Å². The Labute approximate surface area is 170 Å². The van der Waals surface area contributed by atoms with Gasteiger partial charge in [-0.1, -0.05) is 0 Å². The van der Waals surface area contributed by atoms with E-state index < -0.39 is 5.82 Å². The van der Waals surface area contributed by atoms with Gasteiger partial charge in [0.05, 0.1) is 11.7 Å². The molecular formula is C20H20F2N8. The zero-order chi connectivity index (χ0) is 20.8. The van der Waals surface area contributed by atoms with Gasteiger partial charge in [0.25, 0.3) is 0 Å². The highest BCUT2D eigenvalue weighted by atomic mass is 19.1. The smallest absolute Gasteiger partial charge is 0.228 e. The predicted octanol–water partition coefficient (Wildman–Crippen LogP) is 3.51. The highest BCUT2D eigenvalue weighted by Crippen LogP contribution is 2.40. The van der Waals surface area contributed by atoms with Crippen LogP contribution < -0.4 is 10.6 Å². The van der Waals surface area contributed by atoms with Gasteiger partial charge in [-0.3, -0.25) is 10.2 Å². The third kappa shape index (κ3) is 3.23. The molecule has 4 aromatic rings. The maximum absolute atomic E-state index is 14.7. The van der Waals surface area contributed by atoms with Crippen LogP contribution in [-0.2, 0) is 6.54 Å². The third-order valence-corrected chi connectivity index (χ3v) is 5.36. The Morgan fingerprint density at radius 3 is 2.77 bits per heavy atom. The summed E-state index contributed by atoms with van der Waals surface area (Å²) in [5, 5.41) is 14.7. The molecule has 0 spiro atoms. The summed E-state index contributed by atoms with van der Waals surface area (Å²) < 4.78 is 28.8. The van der Waals surface area contributed by atoms with E-state index >= 15 is 0 Å². The average Bonchev–Trinajstić information content (AvgIpc) is 3.26. The second-order valence-electron chi connectivity index (χ2n) is 7.46. The topological polar surface area (TPSA) is 112 Å². The number of halogens is 2. The molecule has 0 saturated heterocycles. The van der Waals surface area contributed by atoms with Crippen molar-refractivity contribution in [1.82, 2.24) is 30.4 Å². The third-order valence-electron chi connectivity index (χ3n) is 5.36. The first kappa shape index (κ1) is 18.5. The van der Waals surface area contributed by atoms with Gasteiger partial charge in [0.2, 0.25) is 5.95 Å². The first-order valence-corrected chi connectivity index (χ1v) is 9.78. The zero-order valence-corrected chi connectivity index (χ0v) is 16.3. The van der Waals surface area contributed by atoms with Crippen LogP contribution >= 0.6 is 0 Å². The summed E-state index contributed by atoms with van der Waals surface area (Å²) in [6.07, 6.45) is 3.84. The summed E-state index contributed by atoms with van der Waals surface area (Å²) in [7, 11) is 0. The van der Waals surface area contributed by atoms with Crippen LogP contribution in [-0.4, -0.2) is 36.9 Å². The molecule has 3 aromatic heterocycles. The first-order valence-electron chi connectivity index (χ1n) is 9.78. The van der Waals surface area contributed by atoms with Crippen LogP contribution in [0.3, 0.4) is 0 Å². The number of hydrogen-bond donors (Lipinski definition) is 3. The first-order chi connectivity index (χ1) is 14.5. The van der Waals surface area contributed by atoms with Crippen LogP contribution in [0.2, 0.25) is 0 Å². The molecule has 1 aliphatic rings. The van der Waals surface area contributed by atoms with Gasteiger partial charge in [0.1, 0.15) is 17.2 Å². The standard InChI is InChI=1S/C20H20F2N8/c1-2-30(9-11-5-12(21)6-15-13(11)8-24-27-15)20-25-18(17(22)19(23)26-20)16-7-14(28-29-16)10-3-4-10/h5-8,10H,2-4,9H2,1H3,(H,24,27)(H,28,29)(H2,23,25,26). The second-order valence-corrected chi connectivity index (χ2v) is 7.46. The number of nitrogens with zero attached hydrogens (tertiary/aromatic N) is 5. The highest BCUT2D eigenvalue weighted by Gasteiger charge is 2.27. The minimum atomic E-state index is -0.702. The Hall–Kier alpha value is -3.56. The SMILES string of the molecule is CCN(Cc1cc(F)cc2[nH]ncc12)c1nc(N)c(F)c(-c2cc(C3CC3)[nH]n2)n1. The van der Waals surface area contributed by atoms with E-state index in [9.17, 15) is 8.78 Å². The van der Waals surface area contributed by atoms with Crippen LogP contribution in [0.5, 0.6) is 0 Å². The zero-order valence-electron chi connectivity index (χ0n) is 16.3. The van der Waals surface area contributed by atoms with Crippen molar-refractivity contribution in [3.63, 3.8) is 0 Å². The summed E-state index contributed by atoms with van der Waals surface area (Å²) in [5.74, 6) is -0.625. The lowest BCUT2D eigenvalue weighted by molar-refractivity contribution is 0.620. The Kier molecular flexibility index (Phi) is 4.34. The molecule has 0 unspecified atom stereocenters. The Bertz CT molecular complexity index is 1230. The fourth-order valence-electron chi connectivity index (χ4n) is 3.57. The molecule has 0 atom stereocenters. The molecule has 4 N–H and O–H groups in total. The molecule has 10 heteroatoms. The molecule has 0 bridgehead atoms. The van der Waals surface area contributed by atoms with Gasteiger partial charge in [-0.05, 0) is 43.5 Å². The van der Waals surface area contributed by atoms with E-state index in [0.29, 0.717) is 35.8 Å². The van der Waals surface area contributed by atoms with E-state index in [-0.39, 0.29) is 23.3 Å². The number of aromatic amines is 2. The number of nitrogens with one attached hydrogen (secondary N) is 2. The summed E-state index contributed by atoms with van der Waals surface area (Å²) >= 11 is 0. The van der Waals surface area contributed by atoms with Crippen molar-refractivity contribution in [3.05, 3.63) is 47.3 Å². The fraction of sp³-hybridized carbons (Fsp3) is 0.300. The number of nitrogen functional groups attached to an aromatic ring is 1. The minimum Gasteiger partial charge on any atom is -0.381 e. The molecule has 154 valence electrons. The molecule has 0 aliphatic heterocycles. The number of aromatic nitrogens is 6. The lowest BCUT2D eigenvalue weighted by Crippen LogP contribution is -2.25. The number of H-pyrrole nitrogens is 2. The van der Waals surface area contributed by atoms with E-state index in [4.69, 9.17) is 5.73 Å². The van der Waals surface area contributed by atoms with E-state index in [0.717, 1.165) is 23.9 Å². The summed E-state index contributed by atoms with van der Waals surface area (Å²) in [4.78, 5) is 10.3. The molecule has 1 aliphatic carbocycles. The van der Waals surface area contributed by atoms with Crippen molar-refractivity contribution in [2.24, 2.45) is 0 Å². The molecule has 1 saturated carbocycles. The van der Waals surface area contributed by atoms with Gasteiger partial charge >= 0.3 is 0 Å². The lowest BCUT2D eigenvalue weighted by Gasteiger charge is -2.22. The van der Waals surface area contributed by atoms with Crippen molar-refractivity contribution in [3.8, 4) is 11.4 Å². The highest BCUT2D eigenvalue weighted by molar-refractivity contribution is 5.82. The number of nitrogens with two attached hydrogens (primary N) is 1. The van der Waals surface area contributed by atoms with Crippen LogP contribution in [0, 0.1) is 11.6 Å². The summed E-state index contributed by atoms with van der Waals surface area (Å²) in [6, 6.07) is 4.65. The summed E-state index contributed by atoms with van der Waals surface area (Å²) in [5.41, 5.74) is 8.58. The Morgan fingerprint density at radius 2 is 2.00 bits per heavy atom. The van der Waals surface area contributed by atoms with Crippen molar-refractivity contribution >= 4 is 22.7 Å². The van der Waals surface area contributed by atoms with Gasteiger partial charge in [0, 0.05) is 30.1 Å². The minimum absolute atomic E-state index is 0.0480. The van der Waals surface area contributed by atoms with Crippen LogP contribution in [0.25, 0.3) is 22.3 Å². The van der Waals surface area contributed by atoms with Gasteiger partial charge in [0.15, 0.2) is 11.6 Å². The number of anilines is 2. The van der Waals surface area contributed by atoms with E-state index in [1.165, 1.54) is 12.1 Å². The lowest BCUT2D eigenvalue weighted by atomic mass is 10.1. The van der Waals surface area contributed by atoms with Crippen LogP contribution in [0.15, 0.2) is 24.4 Å². The summed E-state index contributed by atoms with van der Waals surface area (Å²) in [6.45, 7) is 2.73. The number of benzene rings is 1. The van der Waals surface area contributed by atoms with E-state index in [2.05, 4.69) is 30.4 Å². The maximum atomic E-state index is 14.7. The molecular weight excluding hydrogens is 390 g/mol. The van der Waals surface area contributed by atoms with Gasteiger partial charge < -0.3 is 10.6 Å². The van der Waals surface area contributed by atoms with E-state index in [1.54, 1.807) is 11.1 Å². The number of fused-ring (bicyclic) bond motifs is 1. The van der Waals surface area contributed by atoms with Crippen molar-refractivity contribution in [1.29, 1.82) is 0 Å². The molecule has 0 amide bonds. The molecule has 5 rings (SSSR count). The largest absolute Gasteiger partial charge is 0.381 e. The van der Waals surface area contributed by atoms with Gasteiger partial charge in [-0.15, -0.1) is 0 Å². The molecule has 30 heavy (non-hydrogen) atoms. The molecule has 8 nitrogen and oxygen atoms in total. The Morgan fingerprint density at radius 1 is 1.17 bits per heavy atom. The molecule has 1 fully saturated rings.